The number of carbonyl (C=O) groups excluding carboxylic acids is 2. The molecule has 2 saturated heterocycles. The quantitative estimate of drug-likeness (QED) is 0.609. The SMILES string of the molecule is O=C(c1cccc([N+](=O)[O-])c1)N1CCCN(C(=O)C2CCCO2)CC1. The van der Waals surface area contributed by atoms with Crippen molar-refractivity contribution in [2.75, 3.05) is 32.8 Å². The van der Waals surface area contributed by atoms with E-state index >= 15 is 0 Å². The van der Waals surface area contributed by atoms with Crippen LogP contribution in [0.4, 0.5) is 5.69 Å². The molecule has 1 aromatic carbocycles. The third-order valence-electron chi connectivity index (χ3n) is 4.60. The molecule has 8 heteroatoms. The van der Waals surface area contributed by atoms with Crippen LogP contribution >= 0.6 is 0 Å². The Bertz CT molecular complexity index is 672. The van der Waals surface area contributed by atoms with Crippen molar-refractivity contribution in [3.05, 3.63) is 39.9 Å². The Kier molecular flexibility index (Phi) is 5.28. The van der Waals surface area contributed by atoms with Gasteiger partial charge in [-0.15, -0.1) is 0 Å². The van der Waals surface area contributed by atoms with Crippen molar-refractivity contribution in [1.82, 2.24) is 9.80 Å². The fraction of sp³-hybridized carbons (Fsp3) is 0.529. The van der Waals surface area contributed by atoms with Crippen LogP contribution in [0.3, 0.4) is 0 Å². The molecule has 0 aromatic heterocycles. The summed E-state index contributed by atoms with van der Waals surface area (Å²) in [6.45, 7) is 2.62. The Hall–Kier alpha value is -2.48. The van der Waals surface area contributed by atoms with E-state index in [2.05, 4.69) is 0 Å². The van der Waals surface area contributed by atoms with Crippen molar-refractivity contribution in [2.45, 2.75) is 25.4 Å². The first kappa shape index (κ1) is 17.3. The van der Waals surface area contributed by atoms with E-state index in [0.717, 1.165) is 12.8 Å². The molecule has 2 aliphatic heterocycles. The van der Waals surface area contributed by atoms with Gasteiger partial charge in [0.15, 0.2) is 0 Å². The highest BCUT2D eigenvalue weighted by Gasteiger charge is 2.30. The molecule has 0 saturated carbocycles. The maximum atomic E-state index is 12.6. The first-order chi connectivity index (χ1) is 12.1. The molecule has 2 fully saturated rings. The van der Waals surface area contributed by atoms with Crippen LogP contribution in [0.2, 0.25) is 0 Å². The topological polar surface area (TPSA) is 93.0 Å². The molecular weight excluding hydrogens is 326 g/mol. The average molecular weight is 347 g/mol. The Morgan fingerprint density at radius 3 is 2.60 bits per heavy atom. The maximum absolute atomic E-state index is 12.6. The highest BCUT2D eigenvalue weighted by atomic mass is 16.6. The van der Waals surface area contributed by atoms with Crippen LogP contribution in [-0.4, -0.2) is 65.4 Å². The third kappa shape index (κ3) is 3.96. The number of nitrogens with zero attached hydrogens (tertiary/aromatic N) is 3. The predicted octanol–water partition coefficient (Wildman–Crippen LogP) is 1.45. The summed E-state index contributed by atoms with van der Waals surface area (Å²) in [5.41, 5.74) is 0.198. The number of hydrogen-bond donors (Lipinski definition) is 0. The molecule has 3 rings (SSSR count). The number of amides is 2. The fourth-order valence-electron chi connectivity index (χ4n) is 3.25. The van der Waals surface area contributed by atoms with Gasteiger partial charge in [-0.3, -0.25) is 19.7 Å². The number of benzene rings is 1. The Labute approximate surface area is 145 Å². The first-order valence-corrected chi connectivity index (χ1v) is 8.50. The Morgan fingerprint density at radius 2 is 1.88 bits per heavy atom. The van der Waals surface area contributed by atoms with E-state index in [-0.39, 0.29) is 23.6 Å². The number of hydrogen-bond acceptors (Lipinski definition) is 5. The average Bonchev–Trinajstić information content (AvgIpc) is 3.05. The monoisotopic (exact) mass is 347 g/mol. The van der Waals surface area contributed by atoms with E-state index in [4.69, 9.17) is 4.74 Å². The van der Waals surface area contributed by atoms with Gasteiger partial charge in [-0.25, -0.2) is 0 Å². The summed E-state index contributed by atoms with van der Waals surface area (Å²) in [6, 6.07) is 5.75. The zero-order valence-electron chi connectivity index (χ0n) is 13.9. The summed E-state index contributed by atoms with van der Waals surface area (Å²) < 4.78 is 5.45. The van der Waals surface area contributed by atoms with E-state index < -0.39 is 4.92 Å². The molecule has 1 aromatic rings. The second kappa shape index (κ2) is 7.60. The lowest BCUT2D eigenvalue weighted by Crippen LogP contribution is -2.41. The van der Waals surface area contributed by atoms with Crippen LogP contribution in [-0.2, 0) is 9.53 Å². The number of carbonyl (C=O) groups is 2. The molecule has 2 amide bonds. The Balaban J connectivity index is 1.64. The predicted molar refractivity (Wildman–Crippen MR) is 89.2 cm³/mol. The molecule has 25 heavy (non-hydrogen) atoms. The summed E-state index contributed by atoms with van der Waals surface area (Å²) in [5, 5.41) is 10.9. The van der Waals surface area contributed by atoms with Gasteiger partial charge in [-0.1, -0.05) is 6.07 Å². The minimum absolute atomic E-state index is 0.00199. The van der Waals surface area contributed by atoms with Crippen LogP contribution < -0.4 is 0 Å². The summed E-state index contributed by atoms with van der Waals surface area (Å²) in [7, 11) is 0. The van der Waals surface area contributed by atoms with Crippen molar-refractivity contribution in [3.8, 4) is 0 Å². The second-order valence-electron chi connectivity index (χ2n) is 6.28. The summed E-state index contributed by atoms with van der Waals surface area (Å²) >= 11 is 0. The van der Waals surface area contributed by atoms with Crippen molar-refractivity contribution in [2.24, 2.45) is 0 Å². The lowest BCUT2D eigenvalue weighted by atomic mass is 10.1. The van der Waals surface area contributed by atoms with Crippen molar-refractivity contribution < 1.29 is 19.2 Å². The molecular formula is C17H21N3O5. The Morgan fingerprint density at radius 1 is 1.12 bits per heavy atom. The molecule has 0 bridgehead atoms. The zero-order valence-corrected chi connectivity index (χ0v) is 13.9. The number of nitro groups is 1. The highest BCUT2D eigenvalue weighted by molar-refractivity contribution is 5.95. The van der Waals surface area contributed by atoms with Crippen LogP contribution in [0.25, 0.3) is 0 Å². The van der Waals surface area contributed by atoms with Gasteiger partial charge in [0.25, 0.3) is 17.5 Å². The van der Waals surface area contributed by atoms with Gasteiger partial charge in [0.1, 0.15) is 6.10 Å². The van der Waals surface area contributed by atoms with Gasteiger partial charge in [0.2, 0.25) is 0 Å². The van der Waals surface area contributed by atoms with E-state index in [0.29, 0.717) is 44.8 Å². The van der Waals surface area contributed by atoms with Crippen molar-refractivity contribution in [1.29, 1.82) is 0 Å². The molecule has 0 aliphatic carbocycles. The van der Waals surface area contributed by atoms with Gasteiger partial charge < -0.3 is 14.5 Å². The number of non-ortho nitro benzene ring substituents is 1. The molecule has 1 unspecified atom stereocenters. The smallest absolute Gasteiger partial charge is 0.270 e. The molecule has 0 radical (unpaired) electrons. The van der Waals surface area contributed by atoms with E-state index in [1.807, 2.05) is 0 Å². The van der Waals surface area contributed by atoms with Gasteiger partial charge in [0, 0.05) is 50.5 Å². The molecule has 1 atom stereocenters. The van der Waals surface area contributed by atoms with Crippen molar-refractivity contribution >= 4 is 17.5 Å². The number of ether oxygens (including phenoxy) is 1. The lowest BCUT2D eigenvalue weighted by molar-refractivity contribution is -0.384. The standard InChI is InChI=1S/C17H21N3O5/c21-16(13-4-1-5-14(12-13)20(23)24)18-7-3-8-19(10-9-18)17(22)15-6-2-11-25-15/h1,4-5,12,15H,2-3,6-11H2. The first-order valence-electron chi connectivity index (χ1n) is 8.50. The van der Waals surface area contributed by atoms with Crippen molar-refractivity contribution in [3.63, 3.8) is 0 Å². The van der Waals surface area contributed by atoms with E-state index in [1.165, 1.54) is 18.2 Å². The molecule has 8 nitrogen and oxygen atoms in total. The minimum atomic E-state index is -0.513. The fourth-order valence-corrected chi connectivity index (χ4v) is 3.25. The third-order valence-corrected chi connectivity index (χ3v) is 4.60. The van der Waals surface area contributed by atoms with Gasteiger partial charge in [0.05, 0.1) is 4.92 Å². The summed E-state index contributed by atoms with van der Waals surface area (Å²) in [6.07, 6.45) is 1.99. The maximum Gasteiger partial charge on any atom is 0.270 e. The molecule has 2 heterocycles. The van der Waals surface area contributed by atoms with Gasteiger partial charge in [-0.05, 0) is 25.3 Å². The zero-order chi connectivity index (χ0) is 17.8. The lowest BCUT2D eigenvalue weighted by Gasteiger charge is -2.24. The van der Waals surface area contributed by atoms with Gasteiger partial charge in [-0.2, -0.15) is 0 Å². The largest absolute Gasteiger partial charge is 0.368 e. The summed E-state index contributed by atoms with van der Waals surface area (Å²) in [4.78, 5) is 38.9. The van der Waals surface area contributed by atoms with Crippen LogP contribution in [0, 0.1) is 10.1 Å². The molecule has 0 spiro atoms. The normalized spacial score (nSPS) is 21.0. The molecule has 0 N–H and O–H groups in total. The van der Waals surface area contributed by atoms with E-state index in [9.17, 15) is 19.7 Å². The molecule has 134 valence electrons. The van der Waals surface area contributed by atoms with Crippen LogP contribution in [0.1, 0.15) is 29.6 Å². The highest BCUT2D eigenvalue weighted by Crippen LogP contribution is 2.18. The number of nitro benzene ring substituents is 1. The molecule has 2 aliphatic rings. The van der Waals surface area contributed by atoms with Crippen LogP contribution in [0.5, 0.6) is 0 Å². The van der Waals surface area contributed by atoms with Crippen LogP contribution in [0.15, 0.2) is 24.3 Å². The van der Waals surface area contributed by atoms with E-state index in [1.54, 1.807) is 15.9 Å². The number of rotatable bonds is 3. The second-order valence-corrected chi connectivity index (χ2v) is 6.28. The minimum Gasteiger partial charge on any atom is -0.368 e. The van der Waals surface area contributed by atoms with Gasteiger partial charge >= 0.3 is 0 Å². The summed E-state index contributed by atoms with van der Waals surface area (Å²) in [5.74, 6) is -0.239.